The molecule has 0 aromatic heterocycles. The van der Waals surface area contributed by atoms with Gasteiger partial charge in [0.05, 0.1) is 4.92 Å². The van der Waals surface area contributed by atoms with Gasteiger partial charge in [-0.2, -0.15) is 0 Å². The van der Waals surface area contributed by atoms with Gasteiger partial charge in [0.1, 0.15) is 0 Å². The number of hydrogen-bond donors (Lipinski definition) is 2. The molecule has 0 spiro atoms. The maximum Gasteiger partial charge on any atom is 0.269 e. The van der Waals surface area contributed by atoms with Crippen LogP contribution in [-0.2, 0) is 0 Å². The fourth-order valence-electron chi connectivity index (χ4n) is 3.24. The molecule has 0 heterocycles. The highest BCUT2D eigenvalue weighted by Gasteiger charge is 2.29. The zero-order valence-corrected chi connectivity index (χ0v) is 15.7. The van der Waals surface area contributed by atoms with Crippen molar-refractivity contribution in [3.8, 4) is 0 Å². The summed E-state index contributed by atoms with van der Waals surface area (Å²) in [6.45, 7) is 6.83. The molecule has 6 nitrogen and oxygen atoms in total. The number of nitrogens with zero attached hydrogens (tertiary/aromatic N) is 1. The number of non-ortho nitro benzene ring substituents is 1. The summed E-state index contributed by atoms with van der Waals surface area (Å²) in [5, 5.41) is 16.8. The van der Waals surface area contributed by atoms with Gasteiger partial charge in [0, 0.05) is 23.7 Å². The monoisotopic (exact) mass is 363 g/mol. The fraction of sp³-hybridized carbons (Fsp3) is 0.556. The van der Waals surface area contributed by atoms with Crippen LogP contribution in [0.5, 0.6) is 0 Å². The first-order valence-electron chi connectivity index (χ1n) is 8.53. The summed E-state index contributed by atoms with van der Waals surface area (Å²) in [5.41, 5.74) is 0.620. The average Bonchev–Trinajstić information content (AvgIpc) is 2.54. The van der Waals surface area contributed by atoms with Gasteiger partial charge < -0.3 is 5.32 Å². The third kappa shape index (κ3) is 5.49. The lowest BCUT2D eigenvalue weighted by Crippen LogP contribution is -2.46. The Morgan fingerprint density at radius 1 is 1.16 bits per heavy atom. The van der Waals surface area contributed by atoms with E-state index in [-0.39, 0.29) is 17.6 Å². The number of benzene rings is 1. The number of amides is 1. The van der Waals surface area contributed by atoms with Crippen LogP contribution in [0.2, 0.25) is 0 Å². The Morgan fingerprint density at radius 2 is 1.72 bits per heavy atom. The number of nitrogens with one attached hydrogen (secondary N) is 2. The van der Waals surface area contributed by atoms with E-state index >= 15 is 0 Å². The van der Waals surface area contributed by atoms with E-state index in [1.807, 2.05) is 0 Å². The van der Waals surface area contributed by atoms with Crippen molar-refractivity contribution in [3.05, 3.63) is 39.9 Å². The molecule has 0 bridgehead atoms. The van der Waals surface area contributed by atoms with Crippen molar-refractivity contribution < 1.29 is 9.72 Å². The van der Waals surface area contributed by atoms with E-state index in [1.165, 1.54) is 24.3 Å². The van der Waals surface area contributed by atoms with Gasteiger partial charge in [-0.15, -0.1) is 0 Å². The molecule has 0 atom stereocenters. The molecule has 1 aromatic carbocycles. The Balaban J connectivity index is 1.82. The number of carbonyl (C=O) groups is 1. The molecule has 0 aliphatic heterocycles. The molecule has 1 amide bonds. The van der Waals surface area contributed by atoms with Gasteiger partial charge >= 0.3 is 0 Å². The number of hydrogen-bond acceptors (Lipinski definition) is 4. The Bertz CT molecular complexity index is 645. The zero-order chi connectivity index (χ0) is 18.6. The van der Waals surface area contributed by atoms with Crippen molar-refractivity contribution >= 4 is 28.9 Å². The Morgan fingerprint density at radius 3 is 2.20 bits per heavy atom. The normalized spacial score (nSPS) is 20.6. The van der Waals surface area contributed by atoms with Crippen LogP contribution >= 0.6 is 12.2 Å². The number of rotatable bonds is 3. The van der Waals surface area contributed by atoms with Gasteiger partial charge in [0.2, 0.25) is 0 Å². The molecule has 0 saturated heterocycles. The third-order valence-electron chi connectivity index (χ3n) is 4.85. The Labute approximate surface area is 153 Å². The first-order chi connectivity index (χ1) is 11.7. The highest BCUT2D eigenvalue weighted by atomic mass is 32.1. The molecule has 2 N–H and O–H groups in total. The molecular formula is C18H25N3O3S. The van der Waals surface area contributed by atoms with Gasteiger partial charge in [-0.05, 0) is 61.4 Å². The quantitative estimate of drug-likeness (QED) is 0.485. The summed E-state index contributed by atoms with van der Waals surface area (Å²) < 4.78 is 0. The Hall–Kier alpha value is -2.02. The van der Waals surface area contributed by atoms with E-state index in [9.17, 15) is 14.9 Å². The van der Waals surface area contributed by atoms with Gasteiger partial charge in [-0.1, -0.05) is 20.8 Å². The lowest BCUT2D eigenvalue weighted by Gasteiger charge is -2.37. The second-order valence-corrected chi connectivity index (χ2v) is 8.05. The van der Waals surface area contributed by atoms with Gasteiger partial charge in [0.25, 0.3) is 11.6 Å². The van der Waals surface area contributed by atoms with Crippen LogP contribution in [0.4, 0.5) is 5.69 Å². The standard InChI is InChI=1S/C18H25N3O3S/c1-18(2,3)13-6-8-14(9-7-13)19-17(25)20-16(22)12-4-10-15(11-5-12)21(23)24/h4-5,10-11,13-14H,6-9H2,1-3H3,(H2,19,20,22,25). The Kier molecular flexibility index (Phi) is 6.11. The lowest BCUT2D eigenvalue weighted by atomic mass is 9.71. The van der Waals surface area contributed by atoms with Crippen LogP contribution in [0, 0.1) is 21.4 Å². The lowest BCUT2D eigenvalue weighted by molar-refractivity contribution is -0.384. The SMILES string of the molecule is CC(C)(C)C1CCC(NC(=S)NC(=O)c2ccc([N+](=O)[O-])cc2)CC1. The minimum absolute atomic E-state index is 0.0483. The number of nitro benzene ring substituents is 1. The van der Waals surface area contributed by atoms with E-state index in [0.717, 1.165) is 25.7 Å². The maximum atomic E-state index is 12.2. The third-order valence-corrected chi connectivity index (χ3v) is 5.07. The molecule has 7 heteroatoms. The molecule has 2 rings (SSSR count). The van der Waals surface area contributed by atoms with E-state index in [1.54, 1.807) is 0 Å². The smallest absolute Gasteiger partial charge is 0.269 e. The maximum absolute atomic E-state index is 12.2. The largest absolute Gasteiger partial charge is 0.360 e. The molecule has 25 heavy (non-hydrogen) atoms. The minimum Gasteiger partial charge on any atom is -0.360 e. The number of carbonyl (C=O) groups excluding carboxylic acids is 1. The summed E-state index contributed by atoms with van der Waals surface area (Å²) in [5.74, 6) is 0.351. The number of nitro groups is 1. The molecule has 0 radical (unpaired) electrons. The topological polar surface area (TPSA) is 84.3 Å². The first kappa shape index (κ1) is 19.3. The van der Waals surface area contributed by atoms with E-state index in [2.05, 4.69) is 31.4 Å². The van der Waals surface area contributed by atoms with Gasteiger partial charge in [-0.25, -0.2) is 0 Å². The van der Waals surface area contributed by atoms with Crippen LogP contribution in [0.15, 0.2) is 24.3 Å². The highest BCUT2D eigenvalue weighted by molar-refractivity contribution is 7.80. The molecule has 1 aliphatic rings. The summed E-state index contributed by atoms with van der Waals surface area (Å²) >= 11 is 5.23. The van der Waals surface area contributed by atoms with Crippen LogP contribution in [0.1, 0.15) is 56.8 Å². The second kappa shape index (κ2) is 7.91. The van der Waals surface area contributed by atoms with Crippen LogP contribution < -0.4 is 10.6 Å². The minimum atomic E-state index is -0.498. The first-order valence-corrected chi connectivity index (χ1v) is 8.94. The second-order valence-electron chi connectivity index (χ2n) is 7.65. The predicted molar refractivity (Wildman–Crippen MR) is 101 cm³/mol. The predicted octanol–water partition coefficient (Wildman–Crippen LogP) is 3.80. The van der Waals surface area contributed by atoms with Crippen molar-refractivity contribution in [2.75, 3.05) is 0 Å². The molecule has 1 saturated carbocycles. The zero-order valence-electron chi connectivity index (χ0n) is 14.9. The van der Waals surface area contributed by atoms with Crippen molar-refractivity contribution in [2.24, 2.45) is 11.3 Å². The van der Waals surface area contributed by atoms with Gasteiger partial charge in [-0.3, -0.25) is 20.2 Å². The van der Waals surface area contributed by atoms with Crippen LogP contribution in [0.25, 0.3) is 0 Å². The summed E-state index contributed by atoms with van der Waals surface area (Å²) in [6, 6.07) is 5.73. The molecule has 1 aliphatic carbocycles. The molecule has 136 valence electrons. The molecule has 1 aromatic rings. The summed E-state index contributed by atoms with van der Waals surface area (Å²) in [4.78, 5) is 22.3. The van der Waals surface area contributed by atoms with E-state index in [0.29, 0.717) is 22.0 Å². The van der Waals surface area contributed by atoms with Crippen molar-refractivity contribution in [1.29, 1.82) is 0 Å². The van der Waals surface area contributed by atoms with Crippen molar-refractivity contribution in [1.82, 2.24) is 10.6 Å². The summed E-state index contributed by atoms with van der Waals surface area (Å²) in [7, 11) is 0. The summed E-state index contributed by atoms with van der Waals surface area (Å²) in [6.07, 6.45) is 4.38. The van der Waals surface area contributed by atoms with Crippen LogP contribution in [0.3, 0.4) is 0 Å². The van der Waals surface area contributed by atoms with Crippen LogP contribution in [-0.4, -0.2) is 22.0 Å². The highest BCUT2D eigenvalue weighted by Crippen LogP contribution is 2.37. The van der Waals surface area contributed by atoms with E-state index < -0.39 is 4.92 Å². The fourth-order valence-corrected chi connectivity index (χ4v) is 3.49. The van der Waals surface area contributed by atoms with Gasteiger partial charge in [0.15, 0.2) is 5.11 Å². The average molecular weight is 363 g/mol. The van der Waals surface area contributed by atoms with E-state index in [4.69, 9.17) is 12.2 Å². The number of thiocarbonyl (C=S) groups is 1. The van der Waals surface area contributed by atoms with Crippen molar-refractivity contribution in [2.45, 2.75) is 52.5 Å². The molecule has 0 unspecified atom stereocenters. The molecule has 1 fully saturated rings. The van der Waals surface area contributed by atoms with Crippen molar-refractivity contribution in [3.63, 3.8) is 0 Å². The molecular weight excluding hydrogens is 338 g/mol.